The van der Waals surface area contributed by atoms with Gasteiger partial charge in [0.2, 0.25) is 11.9 Å². The Morgan fingerprint density at radius 1 is 0.938 bits per heavy atom. The third-order valence-electron chi connectivity index (χ3n) is 5.54. The second-order valence-corrected chi connectivity index (χ2v) is 7.67. The molecular formula is C26H25N2O4+. The predicted molar refractivity (Wildman–Crippen MR) is 121 cm³/mol. The highest BCUT2D eigenvalue weighted by atomic mass is 16.5. The molecule has 32 heavy (non-hydrogen) atoms. The maximum Gasteiger partial charge on any atom is 0.347 e. The first-order chi connectivity index (χ1) is 15.5. The van der Waals surface area contributed by atoms with Crippen LogP contribution in [0.2, 0.25) is 0 Å². The zero-order valence-corrected chi connectivity index (χ0v) is 17.8. The fourth-order valence-corrected chi connectivity index (χ4v) is 3.87. The second kappa shape index (κ2) is 9.16. The van der Waals surface area contributed by atoms with E-state index in [-0.39, 0.29) is 12.2 Å². The van der Waals surface area contributed by atoms with Gasteiger partial charge in [-0.1, -0.05) is 72.8 Å². The van der Waals surface area contributed by atoms with Crippen LogP contribution in [0.25, 0.3) is 10.9 Å². The number of nitrogens with zero attached hydrogens (tertiary/aromatic N) is 2. The second-order valence-electron chi connectivity index (χ2n) is 7.67. The average Bonchev–Trinajstić information content (AvgIpc) is 2.85. The van der Waals surface area contributed by atoms with Gasteiger partial charge in [0, 0.05) is 6.42 Å². The van der Waals surface area contributed by atoms with Gasteiger partial charge in [-0.3, -0.25) is 0 Å². The third-order valence-corrected chi connectivity index (χ3v) is 5.54. The van der Waals surface area contributed by atoms with Gasteiger partial charge >= 0.3 is 11.5 Å². The van der Waals surface area contributed by atoms with Crippen LogP contribution in [0.3, 0.4) is 0 Å². The van der Waals surface area contributed by atoms with Crippen LogP contribution in [-0.4, -0.2) is 22.2 Å². The highest BCUT2D eigenvalue weighted by molar-refractivity contribution is 5.85. The van der Waals surface area contributed by atoms with Crippen molar-refractivity contribution in [3.8, 4) is 0 Å². The number of fused-ring (bicyclic) bond motifs is 1. The first-order valence-electron chi connectivity index (χ1n) is 10.5. The Morgan fingerprint density at radius 2 is 1.50 bits per heavy atom. The number of rotatable bonds is 7. The molecule has 6 nitrogen and oxygen atoms in total. The summed E-state index contributed by atoms with van der Waals surface area (Å²) < 4.78 is 8.99. The zero-order chi connectivity index (χ0) is 22.6. The molecule has 4 rings (SSSR count). The number of esters is 1. The Hall–Kier alpha value is -3.77. The molecule has 0 fully saturated rings. The van der Waals surface area contributed by atoms with E-state index in [2.05, 4.69) is 0 Å². The first-order valence-corrected chi connectivity index (χ1v) is 10.5. The van der Waals surface area contributed by atoms with Crippen LogP contribution in [0, 0.1) is 0 Å². The maximum absolute atomic E-state index is 13.0. The van der Waals surface area contributed by atoms with Gasteiger partial charge in [-0.05, 0) is 23.3 Å². The molecule has 3 aromatic carbocycles. The highest BCUT2D eigenvalue weighted by Crippen LogP contribution is 2.31. The van der Waals surface area contributed by atoms with Crippen LogP contribution in [0.15, 0.2) is 96.1 Å². The first kappa shape index (κ1) is 21.5. The van der Waals surface area contributed by atoms with E-state index in [0.717, 1.165) is 5.52 Å². The summed E-state index contributed by atoms with van der Waals surface area (Å²) in [5, 5.41) is 12.0. The number of hydrogen-bond acceptors (Lipinski definition) is 4. The molecule has 6 heteroatoms. The SMILES string of the molecule is C[n+]1cn(CCCOC(=O)C(O)(c2ccccc2)c2ccccc2)c(=O)c2ccccc21. The van der Waals surface area contributed by atoms with Crippen molar-refractivity contribution in [3.63, 3.8) is 0 Å². The van der Waals surface area contributed by atoms with Crippen molar-refractivity contribution in [1.29, 1.82) is 0 Å². The molecule has 0 radical (unpaired) electrons. The van der Waals surface area contributed by atoms with Crippen molar-refractivity contribution in [2.75, 3.05) is 6.61 Å². The number of aryl methyl sites for hydroxylation is 2. The van der Waals surface area contributed by atoms with E-state index in [1.807, 2.05) is 41.9 Å². The summed E-state index contributed by atoms with van der Waals surface area (Å²) in [7, 11) is 1.89. The molecule has 0 aliphatic rings. The lowest BCUT2D eigenvalue weighted by atomic mass is 9.86. The van der Waals surface area contributed by atoms with Gasteiger partial charge in [-0.15, -0.1) is 0 Å². The number of ether oxygens (including phenoxy) is 1. The van der Waals surface area contributed by atoms with E-state index in [9.17, 15) is 14.7 Å². The molecule has 0 amide bonds. The lowest BCUT2D eigenvalue weighted by Gasteiger charge is -2.27. The van der Waals surface area contributed by atoms with E-state index in [0.29, 0.717) is 29.5 Å². The van der Waals surface area contributed by atoms with Crippen molar-refractivity contribution >= 4 is 16.9 Å². The van der Waals surface area contributed by atoms with Crippen molar-refractivity contribution in [1.82, 2.24) is 4.57 Å². The summed E-state index contributed by atoms with van der Waals surface area (Å²) in [6.07, 6.45) is 2.18. The van der Waals surface area contributed by atoms with Gasteiger partial charge < -0.3 is 9.84 Å². The lowest BCUT2D eigenvalue weighted by Crippen LogP contribution is -2.39. The molecule has 162 valence electrons. The minimum atomic E-state index is -1.91. The Labute approximate surface area is 186 Å². The molecular weight excluding hydrogens is 404 g/mol. The Balaban J connectivity index is 1.49. The van der Waals surface area contributed by atoms with E-state index >= 15 is 0 Å². The van der Waals surface area contributed by atoms with Crippen LogP contribution in [0.4, 0.5) is 0 Å². The lowest BCUT2D eigenvalue weighted by molar-refractivity contribution is -0.649. The highest BCUT2D eigenvalue weighted by Gasteiger charge is 2.41. The van der Waals surface area contributed by atoms with Gasteiger partial charge in [-0.2, -0.15) is 4.57 Å². The molecule has 1 aromatic heterocycles. The van der Waals surface area contributed by atoms with Crippen LogP contribution < -0.4 is 10.1 Å². The molecule has 1 heterocycles. The minimum Gasteiger partial charge on any atom is -0.463 e. The van der Waals surface area contributed by atoms with Crippen molar-refractivity contribution < 1.29 is 19.2 Å². The van der Waals surface area contributed by atoms with Gasteiger partial charge in [-0.25, -0.2) is 14.2 Å². The summed E-state index contributed by atoms with van der Waals surface area (Å²) in [5.74, 6) is -0.744. The number of para-hydroxylation sites is 1. The Morgan fingerprint density at radius 3 is 2.12 bits per heavy atom. The number of benzene rings is 3. The molecule has 0 bridgehead atoms. The van der Waals surface area contributed by atoms with Crippen LogP contribution in [-0.2, 0) is 28.7 Å². The molecule has 0 atom stereocenters. The largest absolute Gasteiger partial charge is 0.463 e. The average molecular weight is 429 g/mol. The van der Waals surface area contributed by atoms with Crippen molar-refractivity contribution in [3.05, 3.63) is 113 Å². The van der Waals surface area contributed by atoms with Gasteiger partial charge in [0.25, 0.3) is 0 Å². The summed E-state index contributed by atoms with van der Waals surface area (Å²) >= 11 is 0. The fraction of sp³-hybridized carbons (Fsp3) is 0.192. The smallest absolute Gasteiger partial charge is 0.347 e. The third kappa shape index (κ3) is 4.05. The molecule has 0 saturated heterocycles. The Kier molecular flexibility index (Phi) is 6.14. The van der Waals surface area contributed by atoms with Crippen molar-refractivity contribution in [2.24, 2.45) is 7.05 Å². The number of aromatic nitrogens is 2. The number of carbonyl (C=O) groups is 1. The van der Waals surface area contributed by atoms with Gasteiger partial charge in [0.15, 0.2) is 0 Å². The van der Waals surface area contributed by atoms with E-state index in [1.54, 1.807) is 65.5 Å². The maximum atomic E-state index is 13.0. The van der Waals surface area contributed by atoms with Crippen molar-refractivity contribution in [2.45, 2.75) is 18.6 Å². The van der Waals surface area contributed by atoms with Crippen LogP contribution >= 0.6 is 0 Å². The summed E-state index contributed by atoms with van der Waals surface area (Å²) in [4.78, 5) is 25.8. The molecule has 0 aliphatic carbocycles. The van der Waals surface area contributed by atoms with E-state index < -0.39 is 11.6 Å². The number of aliphatic hydroxyl groups is 1. The van der Waals surface area contributed by atoms with Crippen LogP contribution in [0.5, 0.6) is 0 Å². The summed E-state index contributed by atoms with van der Waals surface area (Å²) in [5.41, 5.74) is -0.261. The van der Waals surface area contributed by atoms with E-state index in [4.69, 9.17) is 4.74 Å². The fourth-order valence-electron chi connectivity index (χ4n) is 3.87. The number of carbonyl (C=O) groups excluding carboxylic acids is 1. The summed E-state index contributed by atoms with van der Waals surface area (Å²) in [6.45, 7) is 0.462. The molecule has 0 aliphatic heterocycles. The Bertz CT molecular complexity index is 1240. The normalized spacial score (nSPS) is 11.4. The van der Waals surface area contributed by atoms with Gasteiger partial charge in [0.1, 0.15) is 10.9 Å². The minimum absolute atomic E-state index is 0.0732. The monoisotopic (exact) mass is 429 g/mol. The number of hydrogen-bond donors (Lipinski definition) is 1. The predicted octanol–water partition coefficient (Wildman–Crippen LogP) is 2.70. The molecule has 1 N–H and O–H groups in total. The standard InChI is InChI=1S/C26H25N2O4/c1-27-19-28(24(29)22-15-8-9-16-23(22)27)17-10-18-32-25(30)26(31,20-11-4-2-5-12-20)21-13-6-3-7-14-21/h2-9,11-16,19,31H,10,17-18H2,1H3/q+1. The summed E-state index contributed by atoms with van der Waals surface area (Å²) in [6, 6.07) is 24.9. The zero-order valence-electron chi connectivity index (χ0n) is 17.8. The topological polar surface area (TPSA) is 72.4 Å². The molecule has 4 aromatic rings. The molecule has 0 saturated carbocycles. The molecule has 0 unspecified atom stereocenters. The quantitative estimate of drug-likeness (QED) is 0.279. The van der Waals surface area contributed by atoms with Crippen LogP contribution in [0.1, 0.15) is 17.5 Å². The molecule has 0 spiro atoms. The van der Waals surface area contributed by atoms with E-state index in [1.165, 1.54) is 0 Å². The van der Waals surface area contributed by atoms with Gasteiger partial charge in [0.05, 0.1) is 20.2 Å².